The van der Waals surface area contributed by atoms with Crippen LogP contribution in [0.5, 0.6) is 0 Å². The van der Waals surface area contributed by atoms with E-state index in [9.17, 15) is 4.79 Å². The van der Waals surface area contributed by atoms with E-state index in [1.807, 2.05) is 47.2 Å². The van der Waals surface area contributed by atoms with Crippen LogP contribution in [-0.4, -0.2) is 5.27 Å². The number of H-pyrrole nitrogens is 1. The third-order valence-corrected chi connectivity index (χ3v) is 3.14. The van der Waals surface area contributed by atoms with Crippen molar-refractivity contribution in [1.82, 2.24) is 5.27 Å². The number of thiophene rings is 1. The largest absolute Gasteiger partial charge is 0.435 e. The number of aromatic amines is 1. The van der Waals surface area contributed by atoms with Crippen LogP contribution in [-0.2, 0) is 0 Å². The van der Waals surface area contributed by atoms with Gasteiger partial charge in [-0.05, 0) is 21.4 Å². The van der Waals surface area contributed by atoms with Crippen LogP contribution in [0.3, 0.4) is 0 Å². The standard InChI is InChI=1S/C12H8N2O2S/c15-12-11(9-6-7-17-8-9)14(13-16-12)10-4-2-1-3-5-10/h1-8H/p+1. The maximum atomic E-state index is 11.7. The van der Waals surface area contributed by atoms with Crippen molar-refractivity contribution in [2.45, 2.75) is 0 Å². The molecular formula is C12H9N2O2S+. The lowest BCUT2D eigenvalue weighted by atomic mass is 10.2. The van der Waals surface area contributed by atoms with E-state index in [0.717, 1.165) is 11.3 Å². The monoisotopic (exact) mass is 245 g/mol. The summed E-state index contributed by atoms with van der Waals surface area (Å²) in [5, 5.41) is 6.46. The van der Waals surface area contributed by atoms with Gasteiger partial charge in [0.2, 0.25) is 5.69 Å². The minimum Gasteiger partial charge on any atom is -0.282 e. The second-order valence-corrected chi connectivity index (χ2v) is 4.29. The van der Waals surface area contributed by atoms with Gasteiger partial charge in [-0.3, -0.25) is 4.52 Å². The Morgan fingerprint density at radius 1 is 1.18 bits per heavy atom. The van der Waals surface area contributed by atoms with Gasteiger partial charge in [0.1, 0.15) is 0 Å². The molecule has 0 amide bonds. The number of hydrogen-bond acceptors (Lipinski definition) is 3. The van der Waals surface area contributed by atoms with E-state index < -0.39 is 0 Å². The zero-order valence-electron chi connectivity index (χ0n) is 8.79. The molecule has 3 rings (SSSR count). The highest BCUT2D eigenvalue weighted by atomic mass is 32.1. The summed E-state index contributed by atoms with van der Waals surface area (Å²) >= 11 is 1.54. The normalized spacial score (nSPS) is 10.6. The summed E-state index contributed by atoms with van der Waals surface area (Å²) in [5.74, 6) is 0. The van der Waals surface area contributed by atoms with Crippen molar-refractivity contribution in [3.05, 3.63) is 57.6 Å². The van der Waals surface area contributed by atoms with Crippen LogP contribution in [0.4, 0.5) is 0 Å². The molecule has 0 atom stereocenters. The number of benzene rings is 1. The van der Waals surface area contributed by atoms with Gasteiger partial charge in [-0.1, -0.05) is 18.2 Å². The lowest BCUT2D eigenvalue weighted by molar-refractivity contribution is -0.660. The van der Waals surface area contributed by atoms with Crippen molar-refractivity contribution in [3.63, 3.8) is 0 Å². The Morgan fingerprint density at radius 3 is 2.71 bits per heavy atom. The average Bonchev–Trinajstić information content (AvgIpc) is 2.99. The summed E-state index contributed by atoms with van der Waals surface area (Å²) in [5.41, 5.74) is 1.86. The van der Waals surface area contributed by atoms with Gasteiger partial charge in [0.05, 0.1) is 5.56 Å². The zero-order valence-corrected chi connectivity index (χ0v) is 9.61. The van der Waals surface area contributed by atoms with E-state index in [2.05, 4.69) is 5.27 Å². The van der Waals surface area contributed by atoms with Crippen molar-refractivity contribution in [3.8, 4) is 16.9 Å². The fourth-order valence-corrected chi connectivity index (χ4v) is 2.32. The van der Waals surface area contributed by atoms with E-state index in [1.54, 1.807) is 16.0 Å². The molecule has 1 N–H and O–H groups in total. The lowest BCUT2D eigenvalue weighted by Gasteiger charge is -1.91. The van der Waals surface area contributed by atoms with Crippen molar-refractivity contribution in [2.75, 3.05) is 0 Å². The fourth-order valence-electron chi connectivity index (χ4n) is 1.68. The molecule has 0 aliphatic carbocycles. The molecule has 2 heterocycles. The first-order valence-corrected chi connectivity index (χ1v) is 6.02. The Hall–Kier alpha value is -2.14. The Bertz CT molecular complexity index is 668. The highest BCUT2D eigenvalue weighted by molar-refractivity contribution is 7.08. The van der Waals surface area contributed by atoms with Crippen LogP contribution >= 0.6 is 11.3 Å². The predicted molar refractivity (Wildman–Crippen MR) is 64.2 cm³/mol. The smallest absolute Gasteiger partial charge is 0.282 e. The molecule has 0 saturated carbocycles. The lowest BCUT2D eigenvalue weighted by Crippen LogP contribution is -2.35. The van der Waals surface area contributed by atoms with Gasteiger partial charge in [0.25, 0.3) is 0 Å². The number of nitrogens with one attached hydrogen (secondary N) is 1. The minimum absolute atomic E-state index is 0.368. The van der Waals surface area contributed by atoms with Crippen molar-refractivity contribution >= 4 is 11.3 Å². The van der Waals surface area contributed by atoms with Gasteiger partial charge in [-0.2, -0.15) is 11.3 Å². The summed E-state index contributed by atoms with van der Waals surface area (Å²) in [6.45, 7) is 0. The van der Waals surface area contributed by atoms with Crippen LogP contribution in [0.2, 0.25) is 0 Å². The second-order valence-electron chi connectivity index (χ2n) is 3.51. The van der Waals surface area contributed by atoms with Crippen LogP contribution in [0.1, 0.15) is 0 Å². The summed E-state index contributed by atoms with van der Waals surface area (Å²) in [4.78, 5) is 11.7. The van der Waals surface area contributed by atoms with Gasteiger partial charge in [-0.25, -0.2) is 4.79 Å². The third kappa shape index (κ3) is 1.70. The van der Waals surface area contributed by atoms with Crippen LogP contribution < -0.4 is 10.3 Å². The quantitative estimate of drug-likeness (QED) is 0.702. The number of hydrogen-bond donors (Lipinski definition) is 1. The van der Waals surface area contributed by atoms with Gasteiger partial charge < -0.3 is 0 Å². The van der Waals surface area contributed by atoms with E-state index in [0.29, 0.717) is 5.69 Å². The molecule has 3 aromatic rings. The molecule has 4 nitrogen and oxygen atoms in total. The predicted octanol–water partition coefficient (Wildman–Crippen LogP) is 1.97. The molecule has 1 aromatic carbocycles. The Balaban J connectivity index is 2.24. The molecule has 0 fully saturated rings. The second kappa shape index (κ2) is 4.03. The zero-order chi connectivity index (χ0) is 11.7. The first kappa shape index (κ1) is 10.0. The summed E-state index contributed by atoms with van der Waals surface area (Å²) in [7, 11) is 0. The van der Waals surface area contributed by atoms with Crippen LogP contribution in [0, 0.1) is 0 Å². The molecule has 0 saturated heterocycles. The number of rotatable bonds is 2. The molecule has 0 spiro atoms. The van der Waals surface area contributed by atoms with E-state index >= 15 is 0 Å². The highest BCUT2D eigenvalue weighted by Crippen LogP contribution is 2.16. The molecule has 0 bridgehead atoms. The van der Waals surface area contributed by atoms with Crippen molar-refractivity contribution in [2.24, 2.45) is 0 Å². The molecule has 17 heavy (non-hydrogen) atoms. The number of aromatic nitrogens is 2. The van der Waals surface area contributed by atoms with E-state index in [1.165, 1.54) is 0 Å². The molecule has 84 valence electrons. The molecule has 2 aromatic heterocycles. The highest BCUT2D eigenvalue weighted by Gasteiger charge is 2.24. The molecule has 0 aliphatic rings. The number of nitrogens with zero attached hydrogens (tertiary/aromatic N) is 1. The first-order chi connectivity index (χ1) is 8.36. The summed E-state index contributed by atoms with van der Waals surface area (Å²) in [6, 6.07) is 11.4. The Labute approximate surface area is 101 Å². The van der Waals surface area contributed by atoms with Gasteiger partial charge in [-0.15, -0.1) is 0 Å². The molecule has 0 unspecified atom stereocenters. The van der Waals surface area contributed by atoms with Gasteiger partial charge >= 0.3 is 11.3 Å². The number of para-hydroxylation sites is 1. The summed E-state index contributed by atoms with van der Waals surface area (Å²) < 4.78 is 6.50. The maximum absolute atomic E-state index is 11.7. The van der Waals surface area contributed by atoms with E-state index in [-0.39, 0.29) is 5.63 Å². The van der Waals surface area contributed by atoms with Crippen LogP contribution in [0.25, 0.3) is 16.9 Å². The SMILES string of the molecule is O=c1o[nH][n+](-c2ccccc2)c1-c1ccsc1. The molecule has 0 aliphatic heterocycles. The van der Waals surface area contributed by atoms with Crippen molar-refractivity contribution < 1.29 is 9.20 Å². The average molecular weight is 245 g/mol. The first-order valence-electron chi connectivity index (χ1n) is 5.08. The molecular weight excluding hydrogens is 236 g/mol. The third-order valence-electron chi connectivity index (χ3n) is 2.46. The Kier molecular flexibility index (Phi) is 2.38. The van der Waals surface area contributed by atoms with Gasteiger partial charge in [0.15, 0.2) is 0 Å². The van der Waals surface area contributed by atoms with Crippen molar-refractivity contribution in [1.29, 1.82) is 0 Å². The topological polar surface area (TPSA) is 49.9 Å². The van der Waals surface area contributed by atoms with E-state index in [4.69, 9.17) is 4.52 Å². The minimum atomic E-state index is -0.368. The maximum Gasteiger partial charge on any atom is 0.435 e. The summed E-state index contributed by atoms with van der Waals surface area (Å²) in [6.07, 6.45) is 0. The molecule has 5 heteroatoms. The van der Waals surface area contributed by atoms with Crippen LogP contribution in [0.15, 0.2) is 56.5 Å². The Morgan fingerprint density at radius 2 is 2.00 bits per heavy atom. The molecule has 0 radical (unpaired) electrons. The fraction of sp³-hybridized carbons (Fsp3) is 0. The van der Waals surface area contributed by atoms with Gasteiger partial charge in [0, 0.05) is 17.5 Å².